The van der Waals surface area contributed by atoms with E-state index >= 15 is 0 Å². The number of hydrogen-bond acceptors (Lipinski definition) is 3. The van der Waals surface area contributed by atoms with Crippen LogP contribution in [0.25, 0.3) is 11.0 Å². The molecule has 5 heteroatoms. The largest absolute Gasteiger partial charge is 0.491 e. The molecule has 35 heavy (non-hydrogen) atoms. The summed E-state index contributed by atoms with van der Waals surface area (Å²) in [7, 11) is 0. The Bertz CT molecular complexity index is 1250. The van der Waals surface area contributed by atoms with Gasteiger partial charge < -0.3 is 14.6 Å². The van der Waals surface area contributed by atoms with Crippen molar-refractivity contribution in [1.82, 2.24) is 14.9 Å². The van der Waals surface area contributed by atoms with Crippen LogP contribution in [0.1, 0.15) is 41.8 Å². The van der Waals surface area contributed by atoms with Gasteiger partial charge in [0.05, 0.1) is 24.0 Å². The Balaban J connectivity index is 1.25. The van der Waals surface area contributed by atoms with E-state index in [1.54, 1.807) is 0 Å². The maximum absolute atomic E-state index is 12.1. The lowest BCUT2D eigenvalue weighted by Crippen LogP contribution is -2.26. The number of rotatable bonds is 12. The molecule has 0 bridgehead atoms. The van der Waals surface area contributed by atoms with Crippen molar-refractivity contribution in [2.24, 2.45) is 0 Å². The first kappa shape index (κ1) is 24.5. The predicted octanol–water partition coefficient (Wildman–Crippen LogP) is 5.80. The molecule has 0 aliphatic rings. The second-order valence-corrected chi connectivity index (χ2v) is 9.11. The van der Waals surface area contributed by atoms with Crippen LogP contribution in [-0.4, -0.2) is 28.6 Å². The zero-order valence-corrected chi connectivity index (χ0v) is 20.8. The van der Waals surface area contributed by atoms with Gasteiger partial charge in [-0.2, -0.15) is 0 Å². The van der Waals surface area contributed by atoms with Crippen molar-refractivity contribution in [2.45, 2.75) is 52.5 Å². The highest BCUT2D eigenvalue weighted by Crippen LogP contribution is 2.21. The van der Waals surface area contributed by atoms with E-state index < -0.39 is 0 Å². The number of ether oxygens (including phenoxy) is 1. The van der Waals surface area contributed by atoms with Crippen molar-refractivity contribution in [3.63, 3.8) is 0 Å². The van der Waals surface area contributed by atoms with Crippen molar-refractivity contribution >= 4 is 16.9 Å². The molecule has 3 aromatic carbocycles. The van der Waals surface area contributed by atoms with Gasteiger partial charge >= 0.3 is 0 Å². The molecule has 0 spiro atoms. The number of carbonyl (C=O) groups excluding carboxylic acids is 1. The van der Waals surface area contributed by atoms with E-state index in [0.29, 0.717) is 19.6 Å². The molecule has 4 rings (SSSR count). The molecule has 4 aromatic rings. The molecule has 0 radical (unpaired) electrons. The van der Waals surface area contributed by atoms with Crippen molar-refractivity contribution in [3.8, 4) is 5.75 Å². The Kier molecular flexibility index (Phi) is 8.55. The fourth-order valence-corrected chi connectivity index (χ4v) is 4.43. The molecule has 5 nitrogen and oxygen atoms in total. The number of benzene rings is 3. The fourth-order valence-electron chi connectivity index (χ4n) is 4.43. The standard InChI is InChI=1S/C30H35N3O2/c1-23-16-17-28(24(2)21-23)35-20-19-33-27-14-9-8-13-26(27)32-29(33)15-7-4-10-18-31-30(34)22-25-11-5-3-6-12-25/h3,5-6,8-9,11-14,16-17,21H,4,7,10,15,18-20,22H2,1-2H3,(H,31,34). The smallest absolute Gasteiger partial charge is 0.224 e. The van der Waals surface area contributed by atoms with E-state index in [9.17, 15) is 4.79 Å². The number of fused-ring (bicyclic) bond motifs is 1. The van der Waals surface area contributed by atoms with Crippen LogP contribution in [0.5, 0.6) is 5.75 Å². The third kappa shape index (κ3) is 6.95. The van der Waals surface area contributed by atoms with Gasteiger partial charge in [-0.3, -0.25) is 4.79 Å². The first-order valence-electron chi connectivity index (χ1n) is 12.5. The van der Waals surface area contributed by atoms with Crippen molar-refractivity contribution in [1.29, 1.82) is 0 Å². The summed E-state index contributed by atoms with van der Waals surface area (Å²) >= 11 is 0. The third-order valence-electron chi connectivity index (χ3n) is 6.24. The average molecular weight is 470 g/mol. The van der Waals surface area contributed by atoms with E-state index in [2.05, 4.69) is 60.1 Å². The number of nitrogens with one attached hydrogen (secondary N) is 1. The maximum atomic E-state index is 12.1. The lowest BCUT2D eigenvalue weighted by molar-refractivity contribution is -0.120. The minimum atomic E-state index is 0.0850. The molecule has 0 saturated carbocycles. The van der Waals surface area contributed by atoms with Gasteiger partial charge in [0.25, 0.3) is 0 Å². The van der Waals surface area contributed by atoms with E-state index in [1.165, 1.54) is 5.56 Å². The SMILES string of the molecule is Cc1ccc(OCCn2c(CCCCCNC(=O)Cc3ccccc3)nc3ccccc32)c(C)c1. The quantitative estimate of drug-likeness (QED) is 0.267. The molecular weight excluding hydrogens is 434 g/mol. The molecular formula is C30H35N3O2. The van der Waals surface area contributed by atoms with Crippen LogP contribution >= 0.6 is 0 Å². The number of carbonyl (C=O) groups is 1. The summed E-state index contributed by atoms with van der Waals surface area (Å²) in [4.78, 5) is 17.0. The summed E-state index contributed by atoms with van der Waals surface area (Å²) in [5, 5.41) is 3.04. The predicted molar refractivity (Wildman–Crippen MR) is 142 cm³/mol. The normalized spacial score (nSPS) is 11.0. The van der Waals surface area contributed by atoms with Gasteiger partial charge in [-0.15, -0.1) is 0 Å². The van der Waals surface area contributed by atoms with E-state index in [4.69, 9.17) is 9.72 Å². The summed E-state index contributed by atoms with van der Waals surface area (Å²) in [6.45, 7) is 6.26. The molecule has 182 valence electrons. The van der Waals surface area contributed by atoms with Crippen molar-refractivity contribution in [3.05, 3.63) is 95.3 Å². The number of para-hydroxylation sites is 2. The number of hydrogen-bond donors (Lipinski definition) is 1. The van der Waals surface area contributed by atoms with Gasteiger partial charge in [0, 0.05) is 13.0 Å². The minimum absolute atomic E-state index is 0.0850. The number of imidazole rings is 1. The third-order valence-corrected chi connectivity index (χ3v) is 6.24. The van der Waals surface area contributed by atoms with Crippen LogP contribution in [0.3, 0.4) is 0 Å². The Morgan fingerprint density at radius 3 is 2.57 bits per heavy atom. The topological polar surface area (TPSA) is 56.1 Å². The number of nitrogens with zero attached hydrogens (tertiary/aromatic N) is 2. The summed E-state index contributed by atoms with van der Waals surface area (Å²) in [5.41, 5.74) is 5.64. The summed E-state index contributed by atoms with van der Waals surface area (Å²) in [6, 6.07) is 24.5. The summed E-state index contributed by atoms with van der Waals surface area (Å²) < 4.78 is 8.39. The second-order valence-electron chi connectivity index (χ2n) is 9.11. The van der Waals surface area contributed by atoms with Gasteiger partial charge in [0.15, 0.2) is 0 Å². The van der Waals surface area contributed by atoms with Gasteiger partial charge in [0.1, 0.15) is 18.2 Å². The van der Waals surface area contributed by atoms with Crippen LogP contribution in [-0.2, 0) is 24.2 Å². The van der Waals surface area contributed by atoms with Crippen LogP contribution in [0.2, 0.25) is 0 Å². The van der Waals surface area contributed by atoms with Crippen LogP contribution < -0.4 is 10.1 Å². The summed E-state index contributed by atoms with van der Waals surface area (Å²) in [6.07, 6.45) is 4.41. The van der Waals surface area contributed by atoms with Gasteiger partial charge in [-0.1, -0.05) is 66.6 Å². The molecule has 0 aliphatic heterocycles. The number of amides is 1. The van der Waals surface area contributed by atoms with Gasteiger partial charge in [-0.05, 0) is 56.0 Å². The lowest BCUT2D eigenvalue weighted by Gasteiger charge is -2.13. The fraction of sp³-hybridized carbons (Fsp3) is 0.333. The molecule has 0 fully saturated rings. The summed E-state index contributed by atoms with van der Waals surface area (Å²) in [5.74, 6) is 2.13. The highest BCUT2D eigenvalue weighted by molar-refractivity contribution is 5.78. The highest BCUT2D eigenvalue weighted by atomic mass is 16.5. The molecule has 0 aliphatic carbocycles. The zero-order valence-electron chi connectivity index (χ0n) is 20.8. The molecule has 1 N–H and O–H groups in total. The van der Waals surface area contributed by atoms with Gasteiger partial charge in [0.2, 0.25) is 5.91 Å². The highest BCUT2D eigenvalue weighted by Gasteiger charge is 2.11. The van der Waals surface area contributed by atoms with Gasteiger partial charge in [-0.25, -0.2) is 4.98 Å². The minimum Gasteiger partial charge on any atom is -0.491 e. The van der Waals surface area contributed by atoms with Crippen molar-refractivity contribution < 1.29 is 9.53 Å². The lowest BCUT2D eigenvalue weighted by atomic mass is 10.1. The molecule has 0 atom stereocenters. The first-order chi connectivity index (χ1) is 17.1. The van der Waals surface area contributed by atoms with E-state index in [-0.39, 0.29) is 5.91 Å². The number of unbranched alkanes of at least 4 members (excludes halogenated alkanes) is 2. The van der Waals surface area contributed by atoms with Crippen molar-refractivity contribution in [2.75, 3.05) is 13.2 Å². The molecule has 0 unspecified atom stereocenters. The van der Waals surface area contributed by atoms with E-state index in [0.717, 1.165) is 66.0 Å². The molecule has 1 aromatic heterocycles. The molecule has 1 amide bonds. The molecule has 0 saturated heterocycles. The van der Waals surface area contributed by atoms with E-state index in [1.807, 2.05) is 36.4 Å². The Labute approximate surface area is 208 Å². The zero-order chi connectivity index (χ0) is 24.5. The number of aromatic nitrogens is 2. The Morgan fingerprint density at radius 2 is 1.74 bits per heavy atom. The maximum Gasteiger partial charge on any atom is 0.224 e. The second kappa shape index (κ2) is 12.2. The number of aryl methyl sites for hydroxylation is 3. The first-order valence-corrected chi connectivity index (χ1v) is 12.5. The Hall–Kier alpha value is -3.60. The Morgan fingerprint density at radius 1 is 0.943 bits per heavy atom. The molecule has 1 heterocycles. The monoisotopic (exact) mass is 469 g/mol. The van der Waals surface area contributed by atoms with Crippen LogP contribution in [0.4, 0.5) is 0 Å². The van der Waals surface area contributed by atoms with Crippen LogP contribution in [0, 0.1) is 13.8 Å². The van der Waals surface area contributed by atoms with Crippen LogP contribution in [0.15, 0.2) is 72.8 Å². The average Bonchev–Trinajstić information content (AvgIpc) is 3.20.